The molecular weight excluding hydrogens is 424 g/mol. The fourth-order valence-corrected chi connectivity index (χ4v) is 5.21. The number of imide groups is 1. The molecule has 3 rings (SSSR count). The summed E-state index contributed by atoms with van der Waals surface area (Å²) in [5.74, 6) is -0.305. The largest absolute Gasteiger partial charge is 0.441 e. The van der Waals surface area contributed by atoms with Gasteiger partial charge in [-0.15, -0.1) is 0 Å². The van der Waals surface area contributed by atoms with E-state index in [2.05, 4.69) is 49.9 Å². The minimum absolute atomic E-state index is 0.0677. The van der Waals surface area contributed by atoms with E-state index in [9.17, 15) is 9.59 Å². The van der Waals surface area contributed by atoms with E-state index >= 15 is 0 Å². The van der Waals surface area contributed by atoms with Crippen LogP contribution in [-0.4, -0.2) is 40.0 Å². The maximum atomic E-state index is 13.9. The number of hydrogen-bond acceptors (Lipinski definition) is 4. The lowest BCUT2D eigenvalue weighted by molar-refractivity contribution is -0.137. The molecule has 1 aliphatic heterocycles. The number of benzene rings is 2. The Kier molecular flexibility index (Phi) is 8.19. The van der Waals surface area contributed by atoms with Crippen molar-refractivity contribution < 1.29 is 14.3 Å². The Morgan fingerprint density at radius 2 is 1.53 bits per heavy atom. The number of nitrogens with zero attached hydrogens (tertiary/aromatic N) is 2. The van der Waals surface area contributed by atoms with Crippen LogP contribution in [0.2, 0.25) is 0 Å². The van der Waals surface area contributed by atoms with Crippen molar-refractivity contribution in [3.8, 4) is 0 Å². The minimum Gasteiger partial charge on any atom is -0.441 e. The molecule has 0 spiro atoms. The lowest BCUT2D eigenvalue weighted by Crippen LogP contribution is -2.52. The number of amides is 2. The Balaban J connectivity index is 1.92. The van der Waals surface area contributed by atoms with Gasteiger partial charge in [-0.3, -0.25) is 9.69 Å². The molecule has 0 aliphatic carbocycles. The molecular formula is C29H40N2O3. The highest BCUT2D eigenvalue weighted by molar-refractivity contribution is 5.95. The zero-order valence-electron chi connectivity index (χ0n) is 21.7. The van der Waals surface area contributed by atoms with Gasteiger partial charge in [0, 0.05) is 19.1 Å². The number of carbonyl (C=O) groups is 2. The molecule has 0 bridgehead atoms. The normalized spacial score (nSPS) is 19.5. The van der Waals surface area contributed by atoms with Gasteiger partial charge in [0.2, 0.25) is 5.91 Å². The van der Waals surface area contributed by atoms with Gasteiger partial charge in [-0.2, -0.15) is 0 Å². The maximum Gasteiger partial charge on any atom is 0.417 e. The van der Waals surface area contributed by atoms with E-state index in [1.165, 1.54) is 16.0 Å². The van der Waals surface area contributed by atoms with Crippen molar-refractivity contribution in [2.24, 2.45) is 17.8 Å². The van der Waals surface area contributed by atoms with Crippen molar-refractivity contribution in [3.05, 3.63) is 71.8 Å². The molecule has 1 heterocycles. The van der Waals surface area contributed by atoms with Gasteiger partial charge in [0.25, 0.3) is 0 Å². The fraction of sp³-hybridized carbons (Fsp3) is 0.517. The average Bonchev–Trinajstić information content (AvgIpc) is 3.04. The van der Waals surface area contributed by atoms with Crippen LogP contribution in [0.3, 0.4) is 0 Å². The van der Waals surface area contributed by atoms with E-state index in [1.807, 2.05) is 64.1 Å². The summed E-state index contributed by atoms with van der Waals surface area (Å²) in [5, 5.41) is 0. The number of hydrogen-bond donors (Lipinski definition) is 0. The van der Waals surface area contributed by atoms with Crippen molar-refractivity contribution in [1.29, 1.82) is 0 Å². The van der Waals surface area contributed by atoms with Gasteiger partial charge in [0.1, 0.15) is 5.60 Å². The van der Waals surface area contributed by atoms with Gasteiger partial charge in [-0.25, -0.2) is 9.69 Å². The van der Waals surface area contributed by atoms with Gasteiger partial charge in [-0.05, 0) is 43.7 Å². The summed E-state index contributed by atoms with van der Waals surface area (Å²) in [5.41, 5.74) is 1.70. The first-order chi connectivity index (χ1) is 16.0. The predicted molar refractivity (Wildman–Crippen MR) is 136 cm³/mol. The first kappa shape index (κ1) is 26.0. The van der Waals surface area contributed by atoms with Crippen molar-refractivity contribution >= 4 is 12.0 Å². The van der Waals surface area contributed by atoms with Gasteiger partial charge in [0.15, 0.2) is 0 Å². The topological polar surface area (TPSA) is 49.9 Å². The van der Waals surface area contributed by atoms with E-state index in [1.54, 1.807) is 0 Å². The van der Waals surface area contributed by atoms with Crippen molar-refractivity contribution in [1.82, 2.24) is 9.80 Å². The van der Waals surface area contributed by atoms with Crippen molar-refractivity contribution in [3.63, 3.8) is 0 Å². The Hall–Kier alpha value is -2.66. The molecule has 184 valence electrons. The van der Waals surface area contributed by atoms with Gasteiger partial charge in [-0.1, -0.05) is 88.4 Å². The summed E-state index contributed by atoms with van der Waals surface area (Å²) >= 11 is 0. The van der Waals surface area contributed by atoms with Crippen LogP contribution in [0.1, 0.15) is 65.6 Å². The first-order valence-electron chi connectivity index (χ1n) is 12.4. The summed E-state index contributed by atoms with van der Waals surface area (Å²) in [6.45, 7) is 15.5. The number of cyclic esters (lactones) is 1. The zero-order chi connectivity index (χ0) is 25.0. The summed E-state index contributed by atoms with van der Waals surface area (Å²) in [6, 6.07) is 20.5. The van der Waals surface area contributed by atoms with E-state index in [0.29, 0.717) is 6.54 Å². The fourth-order valence-electron chi connectivity index (χ4n) is 5.21. The molecule has 1 fully saturated rings. The lowest BCUT2D eigenvalue weighted by Gasteiger charge is -2.37. The number of carbonyl (C=O) groups excluding carboxylic acids is 2. The summed E-state index contributed by atoms with van der Waals surface area (Å²) < 4.78 is 5.66. The molecule has 0 saturated carbocycles. The van der Waals surface area contributed by atoms with Crippen LogP contribution in [0.25, 0.3) is 0 Å². The second-order valence-corrected chi connectivity index (χ2v) is 10.7. The quantitative estimate of drug-likeness (QED) is 0.437. The van der Waals surface area contributed by atoms with Crippen LogP contribution >= 0.6 is 0 Å². The monoisotopic (exact) mass is 464 g/mol. The number of ether oxygens (including phenoxy) is 1. The van der Waals surface area contributed by atoms with Crippen LogP contribution < -0.4 is 0 Å². The Bertz CT molecular complexity index is 956. The average molecular weight is 465 g/mol. The van der Waals surface area contributed by atoms with E-state index in [-0.39, 0.29) is 35.7 Å². The van der Waals surface area contributed by atoms with Crippen LogP contribution in [0.5, 0.6) is 0 Å². The zero-order valence-corrected chi connectivity index (χ0v) is 21.7. The SMILES string of the molecule is CC(C)[C@H](CN(Cc1ccccc1)[C@H](C)c1ccccc1)C(=O)N1C(=O)OC(C)(C)[C@@H]1C(C)C. The third kappa shape index (κ3) is 5.69. The highest BCUT2D eigenvalue weighted by Gasteiger charge is 2.53. The highest BCUT2D eigenvalue weighted by atomic mass is 16.6. The Morgan fingerprint density at radius 1 is 0.971 bits per heavy atom. The molecule has 0 radical (unpaired) electrons. The van der Waals surface area contributed by atoms with Gasteiger partial charge < -0.3 is 4.74 Å². The third-order valence-electron chi connectivity index (χ3n) is 7.02. The maximum absolute atomic E-state index is 13.9. The molecule has 0 aromatic heterocycles. The van der Waals surface area contributed by atoms with E-state index in [0.717, 1.165) is 6.54 Å². The molecule has 2 aromatic rings. The van der Waals surface area contributed by atoms with Gasteiger partial charge in [0.05, 0.1) is 12.0 Å². The van der Waals surface area contributed by atoms with Crippen molar-refractivity contribution in [2.45, 2.75) is 72.7 Å². The molecule has 5 heteroatoms. The number of rotatable bonds is 9. The third-order valence-corrected chi connectivity index (χ3v) is 7.02. The van der Waals surface area contributed by atoms with Crippen molar-refractivity contribution in [2.75, 3.05) is 6.54 Å². The summed E-state index contributed by atoms with van der Waals surface area (Å²) in [4.78, 5) is 30.6. The standard InChI is InChI=1S/C29H40N2O3/c1-20(2)25(27(32)31-26(21(3)4)29(6,7)34-28(31)33)19-30(18-23-14-10-8-11-15-23)22(5)24-16-12-9-13-17-24/h8-17,20-22,25-26H,18-19H2,1-7H3/t22-,25+,26+/m1/s1. The summed E-state index contributed by atoms with van der Waals surface area (Å²) in [7, 11) is 0. The van der Waals surface area contributed by atoms with E-state index in [4.69, 9.17) is 4.74 Å². The molecule has 1 saturated heterocycles. The molecule has 1 aliphatic rings. The Morgan fingerprint density at radius 3 is 2.06 bits per heavy atom. The lowest BCUT2D eigenvalue weighted by atomic mass is 9.86. The van der Waals surface area contributed by atoms with Crippen LogP contribution in [0.15, 0.2) is 60.7 Å². The molecule has 2 aromatic carbocycles. The molecule has 0 N–H and O–H groups in total. The molecule has 34 heavy (non-hydrogen) atoms. The van der Waals surface area contributed by atoms with E-state index < -0.39 is 11.7 Å². The molecule has 5 nitrogen and oxygen atoms in total. The second-order valence-electron chi connectivity index (χ2n) is 10.7. The summed E-state index contributed by atoms with van der Waals surface area (Å²) in [6.07, 6.45) is -0.523. The van der Waals surface area contributed by atoms with Gasteiger partial charge >= 0.3 is 6.09 Å². The van der Waals surface area contributed by atoms with Crippen LogP contribution in [0, 0.1) is 17.8 Å². The van der Waals surface area contributed by atoms with Crippen LogP contribution in [-0.2, 0) is 16.1 Å². The molecule has 0 unspecified atom stereocenters. The Labute approximate surface area is 205 Å². The second kappa shape index (κ2) is 10.7. The highest BCUT2D eigenvalue weighted by Crippen LogP contribution is 2.36. The molecule has 3 atom stereocenters. The van der Waals surface area contributed by atoms with Crippen LogP contribution in [0.4, 0.5) is 4.79 Å². The molecule has 2 amide bonds. The first-order valence-corrected chi connectivity index (χ1v) is 12.4. The predicted octanol–water partition coefficient (Wildman–Crippen LogP) is 6.30. The minimum atomic E-state index is -0.705. The smallest absolute Gasteiger partial charge is 0.417 e.